The molecule has 0 saturated carbocycles. The Balaban J connectivity index is 2.29. The van der Waals surface area contributed by atoms with Crippen molar-refractivity contribution in [1.29, 1.82) is 0 Å². The van der Waals surface area contributed by atoms with Gasteiger partial charge in [0.15, 0.2) is 0 Å². The smallest absolute Gasteiger partial charge is 0.326 e. The number of H-pyrrole nitrogens is 1. The highest BCUT2D eigenvalue weighted by atomic mass is 16.4. The van der Waals surface area contributed by atoms with Gasteiger partial charge in [-0.15, -0.1) is 0 Å². The van der Waals surface area contributed by atoms with E-state index >= 15 is 0 Å². The lowest BCUT2D eigenvalue weighted by molar-refractivity contribution is -0.139. The van der Waals surface area contributed by atoms with Crippen LogP contribution in [0.15, 0.2) is 24.3 Å². The van der Waals surface area contributed by atoms with Crippen LogP contribution in [0.5, 0.6) is 0 Å². The number of carbonyl (C=O) groups is 2. The minimum Gasteiger partial charge on any atom is -0.480 e. The highest BCUT2D eigenvalue weighted by Crippen LogP contribution is 2.22. The first-order chi connectivity index (χ1) is 9.90. The number of carbonyl (C=O) groups excluding carboxylic acids is 1. The van der Waals surface area contributed by atoms with Crippen LogP contribution in [0.4, 0.5) is 0 Å². The Hall–Kier alpha value is -2.30. The Bertz CT molecular complexity index is 673. The fourth-order valence-electron chi connectivity index (χ4n) is 2.49. The van der Waals surface area contributed by atoms with E-state index in [0.717, 1.165) is 16.6 Å². The van der Waals surface area contributed by atoms with Gasteiger partial charge in [0.05, 0.1) is 5.56 Å². The van der Waals surface area contributed by atoms with Gasteiger partial charge in [-0.1, -0.05) is 32.0 Å². The Morgan fingerprint density at radius 1 is 1.29 bits per heavy atom. The lowest BCUT2D eigenvalue weighted by Crippen LogP contribution is -2.41. The Morgan fingerprint density at radius 3 is 2.57 bits per heavy atom. The number of carboxylic acid groups (broad SMARTS) is 1. The SMILES string of the molecule is Cc1[nH]c2ccccc2c1C(=O)N[C@@H](CC(C)C)C(=O)O. The molecule has 1 amide bonds. The topological polar surface area (TPSA) is 82.2 Å². The zero-order valence-electron chi connectivity index (χ0n) is 12.4. The first-order valence-electron chi connectivity index (χ1n) is 7.01. The number of carboxylic acids is 1. The molecule has 0 aliphatic carbocycles. The molecule has 0 spiro atoms. The molecule has 21 heavy (non-hydrogen) atoms. The van der Waals surface area contributed by atoms with E-state index in [1.54, 1.807) is 0 Å². The van der Waals surface area contributed by atoms with E-state index < -0.39 is 12.0 Å². The number of amides is 1. The molecule has 0 unspecified atom stereocenters. The Labute approximate surface area is 123 Å². The van der Waals surface area contributed by atoms with Gasteiger partial charge >= 0.3 is 5.97 Å². The average molecular weight is 288 g/mol. The molecule has 0 aliphatic heterocycles. The van der Waals surface area contributed by atoms with E-state index in [0.29, 0.717) is 12.0 Å². The molecule has 1 aromatic heterocycles. The van der Waals surface area contributed by atoms with Crippen LogP contribution < -0.4 is 5.32 Å². The largest absolute Gasteiger partial charge is 0.480 e. The van der Waals surface area contributed by atoms with Crippen LogP contribution in [0.2, 0.25) is 0 Å². The normalized spacial score (nSPS) is 12.6. The van der Waals surface area contributed by atoms with Gasteiger partial charge in [0.25, 0.3) is 5.91 Å². The average Bonchev–Trinajstić information content (AvgIpc) is 2.73. The number of fused-ring (bicyclic) bond motifs is 1. The molecule has 0 aliphatic rings. The number of nitrogens with one attached hydrogen (secondary N) is 2. The van der Waals surface area contributed by atoms with Crippen molar-refractivity contribution in [2.24, 2.45) is 5.92 Å². The summed E-state index contributed by atoms with van der Waals surface area (Å²) in [7, 11) is 0. The molecule has 0 radical (unpaired) electrons. The van der Waals surface area contributed by atoms with E-state index in [-0.39, 0.29) is 11.8 Å². The minimum atomic E-state index is -1.01. The number of aliphatic carboxylic acids is 1. The summed E-state index contributed by atoms with van der Waals surface area (Å²) in [6.07, 6.45) is 0.405. The van der Waals surface area contributed by atoms with Crippen molar-refractivity contribution >= 4 is 22.8 Å². The van der Waals surface area contributed by atoms with E-state index in [2.05, 4.69) is 10.3 Å². The Kier molecular flexibility index (Phi) is 4.31. The van der Waals surface area contributed by atoms with Crippen molar-refractivity contribution in [3.8, 4) is 0 Å². The molecule has 0 saturated heterocycles. The van der Waals surface area contributed by atoms with Crippen LogP contribution >= 0.6 is 0 Å². The van der Waals surface area contributed by atoms with Gasteiger partial charge in [-0.25, -0.2) is 4.79 Å². The molecule has 2 aromatic rings. The van der Waals surface area contributed by atoms with Crippen molar-refractivity contribution < 1.29 is 14.7 Å². The van der Waals surface area contributed by atoms with Crippen LogP contribution in [-0.2, 0) is 4.79 Å². The molecule has 112 valence electrons. The van der Waals surface area contributed by atoms with E-state index in [1.165, 1.54) is 0 Å². The quantitative estimate of drug-likeness (QED) is 0.791. The van der Waals surface area contributed by atoms with Gasteiger partial charge in [-0.2, -0.15) is 0 Å². The molecule has 5 nitrogen and oxygen atoms in total. The van der Waals surface area contributed by atoms with Crippen LogP contribution in [-0.4, -0.2) is 28.0 Å². The predicted octanol–water partition coefficient (Wildman–Crippen LogP) is 2.71. The number of rotatable bonds is 5. The second kappa shape index (κ2) is 5.99. The third kappa shape index (κ3) is 3.24. The van der Waals surface area contributed by atoms with Gasteiger partial charge in [0.2, 0.25) is 0 Å². The van der Waals surface area contributed by atoms with Crippen LogP contribution in [0.3, 0.4) is 0 Å². The minimum absolute atomic E-state index is 0.190. The Morgan fingerprint density at radius 2 is 1.95 bits per heavy atom. The molecule has 1 aromatic carbocycles. The first-order valence-corrected chi connectivity index (χ1v) is 7.01. The second-order valence-corrected chi connectivity index (χ2v) is 5.66. The van der Waals surface area contributed by atoms with E-state index in [1.807, 2.05) is 45.0 Å². The highest BCUT2D eigenvalue weighted by Gasteiger charge is 2.24. The monoisotopic (exact) mass is 288 g/mol. The zero-order chi connectivity index (χ0) is 15.6. The van der Waals surface area contributed by atoms with Crippen LogP contribution in [0.25, 0.3) is 10.9 Å². The number of hydrogen-bond acceptors (Lipinski definition) is 2. The van der Waals surface area contributed by atoms with E-state index in [9.17, 15) is 14.7 Å². The summed E-state index contributed by atoms with van der Waals surface area (Å²) >= 11 is 0. The fourth-order valence-corrected chi connectivity index (χ4v) is 2.49. The number of benzene rings is 1. The second-order valence-electron chi connectivity index (χ2n) is 5.66. The van der Waals surface area contributed by atoms with Gasteiger partial charge in [0.1, 0.15) is 6.04 Å². The maximum Gasteiger partial charge on any atom is 0.326 e. The molecule has 3 N–H and O–H groups in total. The summed E-state index contributed by atoms with van der Waals surface area (Å²) in [5.41, 5.74) is 2.12. The van der Waals surface area contributed by atoms with Crippen molar-refractivity contribution in [2.45, 2.75) is 33.2 Å². The van der Waals surface area contributed by atoms with Crippen molar-refractivity contribution in [3.05, 3.63) is 35.5 Å². The summed E-state index contributed by atoms with van der Waals surface area (Å²) in [4.78, 5) is 26.9. The summed E-state index contributed by atoms with van der Waals surface area (Å²) in [5, 5.41) is 12.7. The molecule has 2 rings (SSSR count). The maximum absolute atomic E-state index is 12.4. The zero-order valence-corrected chi connectivity index (χ0v) is 12.4. The third-order valence-corrected chi connectivity index (χ3v) is 3.43. The van der Waals surface area contributed by atoms with Gasteiger partial charge in [-0.05, 0) is 25.3 Å². The van der Waals surface area contributed by atoms with Gasteiger partial charge < -0.3 is 15.4 Å². The summed E-state index contributed by atoms with van der Waals surface area (Å²) in [6, 6.07) is 6.62. The molecule has 0 fully saturated rings. The molecular weight excluding hydrogens is 268 g/mol. The molecule has 5 heteroatoms. The first kappa shape index (κ1) is 15.1. The fraction of sp³-hybridized carbons (Fsp3) is 0.375. The molecule has 1 heterocycles. The van der Waals surface area contributed by atoms with Crippen molar-refractivity contribution in [1.82, 2.24) is 10.3 Å². The highest BCUT2D eigenvalue weighted by molar-refractivity contribution is 6.08. The third-order valence-electron chi connectivity index (χ3n) is 3.43. The summed E-state index contributed by atoms with van der Waals surface area (Å²) in [6.45, 7) is 5.67. The molecule has 0 bridgehead atoms. The predicted molar refractivity (Wildman–Crippen MR) is 81.4 cm³/mol. The van der Waals surface area contributed by atoms with E-state index in [4.69, 9.17) is 0 Å². The number of aromatic amines is 1. The lowest BCUT2D eigenvalue weighted by Gasteiger charge is -2.16. The number of hydrogen-bond donors (Lipinski definition) is 3. The maximum atomic E-state index is 12.4. The standard InChI is InChI=1S/C16H20N2O3/c1-9(2)8-13(16(20)21)18-15(19)14-10(3)17-12-7-5-4-6-11(12)14/h4-7,9,13,17H,8H2,1-3H3,(H,18,19)(H,20,21)/t13-/m0/s1. The molecular formula is C16H20N2O3. The van der Waals surface area contributed by atoms with Crippen LogP contribution in [0, 0.1) is 12.8 Å². The number of aryl methyl sites for hydroxylation is 1. The van der Waals surface area contributed by atoms with Gasteiger partial charge in [-0.3, -0.25) is 4.79 Å². The van der Waals surface area contributed by atoms with Crippen LogP contribution in [0.1, 0.15) is 36.3 Å². The molecule has 1 atom stereocenters. The van der Waals surface area contributed by atoms with Crippen molar-refractivity contribution in [2.75, 3.05) is 0 Å². The number of para-hydroxylation sites is 1. The van der Waals surface area contributed by atoms with Gasteiger partial charge in [0, 0.05) is 16.6 Å². The lowest BCUT2D eigenvalue weighted by atomic mass is 10.0. The summed E-state index contributed by atoms with van der Waals surface area (Å²) in [5.74, 6) is -1.16. The van der Waals surface area contributed by atoms with Crippen molar-refractivity contribution in [3.63, 3.8) is 0 Å². The summed E-state index contributed by atoms with van der Waals surface area (Å²) < 4.78 is 0. The number of aromatic nitrogens is 1.